The highest BCUT2D eigenvalue weighted by molar-refractivity contribution is 5.38. The molecule has 2 aromatic rings. The third kappa shape index (κ3) is 2.76. The van der Waals surface area contributed by atoms with E-state index in [-0.39, 0.29) is 0 Å². The molecule has 80 valence electrons. The summed E-state index contributed by atoms with van der Waals surface area (Å²) in [5.41, 5.74) is 3.06. The lowest BCUT2D eigenvalue weighted by Crippen LogP contribution is -1.90. The molecule has 0 amide bonds. The van der Waals surface area contributed by atoms with Gasteiger partial charge < -0.3 is 0 Å². The minimum atomic E-state index is 0.489. The number of hydrogen-bond donors (Lipinski definition) is 0. The molecule has 0 unspecified atom stereocenters. The molecule has 0 spiro atoms. The maximum Gasteiger partial charge on any atom is 0.108 e. The zero-order valence-electron chi connectivity index (χ0n) is 8.97. The Morgan fingerprint density at radius 1 is 0.750 bits per heavy atom. The van der Waals surface area contributed by atoms with E-state index < -0.39 is 0 Å². The largest absolute Gasteiger partial charge is 0.145 e. The van der Waals surface area contributed by atoms with Crippen molar-refractivity contribution in [3.8, 4) is 0 Å². The summed E-state index contributed by atoms with van der Waals surface area (Å²) in [5.74, 6) is 0. The van der Waals surface area contributed by atoms with E-state index in [2.05, 4.69) is 29.4 Å². The van der Waals surface area contributed by atoms with Gasteiger partial charge in [0.1, 0.15) is 5.69 Å². The summed E-state index contributed by atoms with van der Waals surface area (Å²) >= 11 is 0. The fourth-order valence-corrected chi connectivity index (χ4v) is 1.66. The number of nitrogens with zero attached hydrogens (tertiary/aromatic N) is 1. The lowest BCUT2D eigenvalue weighted by molar-refractivity contribution is 0.960. The molecule has 0 heterocycles. The summed E-state index contributed by atoms with van der Waals surface area (Å²) in [7, 11) is 0. The van der Waals surface area contributed by atoms with Crippen molar-refractivity contribution in [1.82, 2.24) is 0 Å². The van der Waals surface area contributed by atoms with Crippen LogP contribution >= 0.6 is 0 Å². The highest BCUT2D eigenvalue weighted by atomic mass is 16.3. The van der Waals surface area contributed by atoms with Crippen molar-refractivity contribution >= 4 is 5.69 Å². The summed E-state index contributed by atoms with van der Waals surface area (Å²) in [6.07, 6.45) is 2.01. The molecular weight excluding hydrogens is 198 g/mol. The Morgan fingerprint density at radius 2 is 1.31 bits per heavy atom. The van der Waals surface area contributed by atoms with E-state index in [9.17, 15) is 4.91 Å². The summed E-state index contributed by atoms with van der Waals surface area (Å²) in [6.45, 7) is 0. The third-order valence-electron chi connectivity index (χ3n) is 2.59. The number of aryl methyl sites for hydroxylation is 2. The quantitative estimate of drug-likeness (QED) is 0.706. The molecule has 0 aromatic heterocycles. The van der Waals surface area contributed by atoms with E-state index in [1.165, 1.54) is 11.1 Å². The number of hydrogen-bond acceptors (Lipinski definition) is 2. The lowest BCUT2D eigenvalue weighted by Gasteiger charge is -2.01. The van der Waals surface area contributed by atoms with Crippen LogP contribution in [0.1, 0.15) is 11.1 Å². The molecule has 0 radical (unpaired) electrons. The van der Waals surface area contributed by atoms with Gasteiger partial charge in [-0.2, -0.15) is 0 Å². The second kappa shape index (κ2) is 5.21. The molecule has 2 aromatic carbocycles. The van der Waals surface area contributed by atoms with Gasteiger partial charge in [0, 0.05) is 0 Å². The molecule has 0 saturated heterocycles. The molecule has 0 atom stereocenters. The van der Waals surface area contributed by atoms with E-state index in [1.807, 2.05) is 18.2 Å². The van der Waals surface area contributed by atoms with E-state index in [1.54, 1.807) is 12.1 Å². The molecule has 0 aliphatic rings. The van der Waals surface area contributed by atoms with Crippen molar-refractivity contribution < 1.29 is 0 Å². The smallest absolute Gasteiger partial charge is 0.108 e. The fourth-order valence-electron chi connectivity index (χ4n) is 1.66. The van der Waals surface area contributed by atoms with Crippen LogP contribution in [0.15, 0.2) is 59.8 Å². The van der Waals surface area contributed by atoms with Gasteiger partial charge in [-0.15, -0.1) is 4.91 Å². The second-order valence-electron chi connectivity index (χ2n) is 3.74. The van der Waals surface area contributed by atoms with Gasteiger partial charge >= 0.3 is 0 Å². The molecule has 0 N–H and O–H groups in total. The topological polar surface area (TPSA) is 29.4 Å². The third-order valence-corrected chi connectivity index (χ3v) is 2.59. The fraction of sp³-hybridized carbons (Fsp3) is 0.143. The van der Waals surface area contributed by atoms with Crippen molar-refractivity contribution in [3.63, 3.8) is 0 Å². The number of rotatable bonds is 4. The van der Waals surface area contributed by atoms with Crippen molar-refractivity contribution in [3.05, 3.63) is 70.6 Å². The van der Waals surface area contributed by atoms with Gasteiger partial charge in [-0.05, 0) is 41.3 Å². The molecule has 0 saturated carbocycles. The maximum absolute atomic E-state index is 10.2. The predicted octanol–water partition coefficient (Wildman–Crippen LogP) is 3.87. The molecule has 16 heavy (non-hydrogen) atoms. The van der Waals surface area contributed by atoms with Gasteiger partial charge in [0.05, 0.1) is 0 Å². The average Bonchev–Trinajstić information content (AvgIpc) is 2.38. The molecule has 0 bridgehead atoms. The van der Waals surface area contributed by atoms with Gasteiger partial charge in [0.2, 0.25) is 0 Å². The van der Waals surface area contributed by atoms with Gasteiger partial charge in [0.15, 0.2) is 0 Å². The molecule has 0 fully saturated rings. The molecule has 0 aliphatic carbocycles. The molecule has 2 rings (SSSR count). The van der Waals surface area contributed by atoms with Crippen LogP contribution in [0, 0.1) is 4.91 Å². The van der Waals surface area contributed by atoms with Crippen LogP contribution < -0.4 is 0 Å². The van der Waals surface area contributed by atoms with Crippen LogP contribution in [0.2, 0.25) is 0 Å². The second-order valence-corrected chi connectivity index (χ2v) is 3.74. The zero-order valence-corrected chi connectivity index (χ0v) is 8.97. The Balaban J connectivity index is 1.97. The van der Waals surface area contributed by atoms with Gasteiger partial charge in [-0.1, -0.05) is 42.5 Å². The minimum absolute atomic E-state index is 0.489. The first kappa shape index (κ1) is 10.6. The first-order chi connectivity index (χ1) is 7.88. The number of benzene rings is 2. The molecule has 2 heteroatoms. The Bertz CT molecular complexity index is 448. The summed E-state index contributed by atoms with van der Waals surface area (Å²) < 4.78 is 0. The minimum Gasteiger partial charge on any atom is -0.145 e. The predicted molar refractivity (Wildman–Crippen MR) is 65.7 cm³/mol. The first-order valence-electron chi connectivity index (χ1n) is 5.35. The van der Waals surface area contributed by atoms with Gasteiger partial charge in [0.25, 0.3) is 0 Å². The standard InChI is InChI=1S/C14H13NO/c16-15-14-10-8-13(9-11-14)7-6-12-4-2-1-3-5-12/h1-5,8-11H,6-7H2. The Kier molecular flexibility index (Phi) is 3.44. The molecule has 0 aliphatic heterocycles. The van der Waals surface area contributed by atoms with E-state index in [0.29, 0.717) is 5.69 Å². The number of nitroso groups, excluding NO2 is 1. The van der Waals surface area contributed by atoms with E-state index >= 15 is 0 Å². The Morgan fingerprint density at radius 3 is 1.88 bits per heavy atom. The monoisotopic (exact) mass is 211 g/mol. The summed E-state index contributed by atoms with van der Waals surface area (Å²) in [4.78, 5) is 10.2. The Labute approximate surface area is 94.9 Å². The zero-order chi connectivity index (χ0) is 11.2. The van der Waals surface area contributed by atoms with Crippen LogP contribution in [0.4, 0.5) is 5.69 Å². The first-order valence-corrected chi connectivity index (χ1v) is 5.35. The van der Waals surface area contributed by atoms with Crippen molar-refractivity contribution in [2.45, 2.75) is 12.8 Å². The van der Waals surface area contributed by atoms with Gasteiger partial charge in [-0.25, -0.2) is 0 Å². The van der Waals surface area contributed by atoms with E-state index in [4.69, 9.17) is 0 Å². The van der Waals surface area contributed by atoms with Gasteiger partial charge in [-0.3, -0.25) is 0 Å². The maximum atomic E-state index is 10.2. The van der Waals surface area contributed by atoms with Crippen molar-refractivity contribution in [2.75, 3.05) is 0 Å². The highest BCUT2D eigenvalue weighted by Gasteiger charge is 1.96. The summed E-state index contributed by atoms with van der Waals surface area (Å²) in [6, 6.07) is 17.8. The normalized spacial score (nSPS) is 10.0. The van der Waals surface area contributed by atoms with Crippen LogP contribution in [-0.2, 0) is 12.8 Å². The lowest BCUT2D eigenvalue weighted by atomic mass is 10.0. The van der Waals surface area contributed by atoms with Crippen molar-refractivity contribution in [1.29, 1.82) is 0 Å². The SMILES string of the molecule is O=Nc1ccc(CCc2ccccc2)cc1. The Hall–Kier alpha value is -1.96. The molecule has 2 nitrogen and oxygen atoms in total. The van der Waals surface area contributed by atoms with Crippen LogP contribution in [0.5, 0.6) is 0 Å². The van der Waals surface area contributed by atoms with Crippen LogP contribution in [0.3, 0.4) is 0 Å². The van der Waals surface area contributed by atoms with E-state index in [0.717, 1.165) is 12.8 Å². The van der Waals surface area contributed by atoms with Crippen LogP contribution in [-0.4, -0.2) is 0 Å². The average molecular weight is 211 g/mol. The summed E-state index contributed by atoms with van der Waals surface area (Å²) in [5, 5.41) is 2.88. The van der Waals surface area contributed by atoms with Crippen molar-refractivity contribution in [2.24, 2.45) is 5.18 Å². The highest BCUT2D eigenvalue weighted by Crippen LogP contribution is 2.14. The van der Waals surface area contributed by atoms with Crippen LogP contribution in [0.25, 0.3) is 0 Å². The molecular formula is C14H13NO.